The average molecular weight is 357 g/mol. The van der Waals surface area contributed by atoms with E-state index in [9.17, 15) is 0 Å². The Balaban J connectivity index is 1.52. The summed E-state index contributed by atoms with van der Waals surface area (Å²) >= 11 is 0. The van der Waals surface area contributed by atoms with Crippen LogP contribution in [0.1, 0.15) is 60.8 Å². The second-order valence-electron chi connectivity index (χ2n) is 8.99. The van der Waals surface area contributed by atoms with Crippen molar-refractivity contribution in [3.63, 3.8) is 0 Å². The molecule has 2 heterocycles. The first-order chi connectivity index (χ1) is 12.6. The third-order valence-corrected chi connectivity index (χ3v) is 7.15. The van der Waals surface area contributed by atoms with Crippen molar-refractivity contribution in [1.82, 2.24) is 9.80 Å². The Kier molecular flexibility index (Phi) is 5.41. The van der Waals surface area contributed by atoms with Gasteiger partial charge in [0.25, 0.3) is 0 Å². The fraction of sp³-hybridized carbons (Fsp3) is 0.739. The minimum Gasteiger partial charge on any atom is -0.371 e. The lowest BCUT2D eigenvalue weighted by Crippen LogP contribution is -2.63. The van der Waals surface area contributed by atoms with Crippen LogP contribution in [0.25, 0.3) is 0 Å². The smallest absolute Gasteiger partial charge is 0.0963 e. The second-order valence-corrected chi connectivity index (χ2v) is 8.99. The number of aryl methyl sites for hydroxylation is 3. The highest BCUT2D eigenvalue weighted by molar-refractivity contribution is 5.36. The van der Waals surface area contributed by atoms with E-state index in [4.69, 9.17) is 4.74 Å². The van der Waals surface area contributed by atoms with Gasteiger partial charge in [0.15, 0.2) is 0 Å². The maximum Gasteiger partial charge on any atom is 0.0963 e. The monoisotopic (exact) mass is 356 g/mol. The van der Waals surface area contributed by atoms with E-state index in [1.807, 2.05) is 0 Å². The molecular formula is C23H36N2O. The van der Waals surface area contributed by atoms with Crippen LogP contribution in [0, 0.1) is 20.8 Å². The standard InChI is InChI=1S/C23H36N2O/c1-18-14-20(3)21(15-19(18)2)16-24-12-13-26-23(17-24)9-5-4-8-22(23)25-10-6-7-11-25/h14-15,22H,4-13,16-17H2,1-3H3/t22-,23+/m1/s1. The van der Waals surface area contributed by atoms with Crippen molar-refractivity contribution in [3.05, 3.63) is 34.4 Å². The number of ether oxygens (including phenoxy) is 1. The van der Waals surface area contributed by atoms with Crippen LogP contribution in [-0.2, 0) is 11.3 Å². The Labute approximate surface area is 159 Å². The summed E-state index contributed by atoms with van der Waals surface area (Å²) in [6.07, 6.45) is 8.03. The van der Waals surface area contributed by atoms with Gasteiger partial charge in [-0.3, -0.25) is 9.80 Å². The fourth-order valence-corrected chi connectivity index (χ4v) is 5.56. The number of rotatable bonds is 3. The summed E-state index contributed by atoms with van der Waals surface area (Å²) in [4.78, 5) is 5.43. The Morgan fingerprint density at radius 2 is 1.73 bits per heavy atom. The molecule has 144 valence electrons. The lowest BCUT2D eigenvalue weighted by atomic mass is 9.78. The predicted octanol–water partition coefficient (Wildman–Crippen LogP) is 4.22. The van der Waals surface area contributed by atoms with Crippen LogP contribution in [0.2, 0.25) is 0 Å². The molecular weight excluding hydrogens is 320 g/mol. The number of morpholine rings is 1. The average Bonchev–Trinajstić information content (AvgIpc) is 3.14. The quantitative estimate of drug-likeness (QED) is 0.806. The summed E-state index contributed by atoms with van der Waals surface area (Å²) in [5.41, 5.74) is 5.84. The Morgan fingerprint density at radius 3 is 2.54 bits per heavy atom. The third kappa shape index (κ3) is 3.58. The van der Waals surface area contributed by atoms with Crippen molar-refractivity contribution < 1.29 is 4.74 Å². The van der Waals surface area contributed by atoms with Crippen LogP contribution in [0.4, 0.5) is 0 Å². The summed E-state index contributed by atoms with van der Waals surface area (Å²) in [6, 6.07) is 5.41. The van der Waals surface area contributed by atoms with Crippen LogP contribution in [-0.4, -0.2) is 54.2 Å². The summed E-state index contributed by atoms with van der Waals surface area (Å²) in [5, 5.41) is 0. The fourth-order valence-electron chi connectivity index (χ4n) is 5.56. The van der Waals surface area contributed by atoms with Crippen molar-refractivity contribution in [2.75, 3.05) is 32.8 Å². The normalized spacial score (nSPS) is 31.0. The maximum atomic E-state index is 6.59. The number of likely N-dealkylation sites (tertiary alicyclic amines) is 1. The molecule has 2 aliphatic heterocycles. The molecule has 0 N–H and O–H groups in total. The zero-order valence-electron chi connectivity index (χ0n) is 17.0. The SMILES string of the molecule is Cc1cc(C)c(CN2CCO[C@@]3(CCCC[C@H]3N3CCCC3)C2)cc1C. The number of hydrogen-bond acceptors (Lipinski definition) is 3. The molecule has 2 saturated heterocycles. The molecule has 1 spiro atoms. The Hall–Kier alpha value is -0.900. The van der Waals surface area contributed by atoms with E-state index < -0.39 is 0 Å². The van der Waals surface area contributed by atoms with Crippen molar-refractivity contribution in [2.24, 2.45) is 0 Å². The van der Waals surface area contributed by atoms with Crippen LogP contribution < -0.4 is 0 Å². The van der Waals surface area contributed by atoms with Gasteiger partial charge in [0.05, 0.1) is 12.2 Å². The largest absolute Gasteiger partial charge is 0.371 e. The molecule has 3 fully saturated rings. The molecule has 0 bridgehead atoms. The molecule has 3 aliphatic rings. The Morgan fingerprint density at radius 1 is 0.962 bits per heavy atom. The molecule has 1 aromatic carbocycles. The lowest BCUT2D eigenvalue weighted by molar-refractivity contribution is -0.165. The lowest BCUT2D eigenvalue weighted by Gasteiger charge is -2.52. The molecule has 0 amide bonds. The highest BCUT2D eigenvalue weighted by atomic mass is 16.5. The van der Waals surface area contributed by atoms with Crippen molar-refractivity contribution in [2.45, 2.75) is 77.5 Å². The van der Waals surface area contributed by atoms with Crippen LogP contribution in [0.5, 0.6) is 0 Å². The summed E-state index contributed by atoms with van der Waals surface area (Å²) < 4.78 is 6.59. The van der Waals surface area contributed by atoms with Crippen molar-refractivity contribution in [1.29, 1.82) is 0 Å². The topological polar surface area (TPSA) is 15.7 Å². The van der Waals surface area contributed by atoms with Crippen LogP contribution in [0.3, 0.4) is 0 Å². The van der Waals surface area contributed by atoms with E-state index in [1.54, 1.807) is 0 Å². The van der Waals surface area contributed by atoms with E-state index in [0.29, 0.717) is 6.04 Å². The van der Waals surface area contributed by atoms with Gasteiger partial charge in [-0.1, -0.05) is 25.0 Å². The Bertz CT molecular complexity index is 633. The molecule has 4 rings (SSSR count). The third-order valence-electron chi connectivity index (χ3n) is 7.15. The number of nitrogens with zero attached hydrogens (tertiary/aromatic N) is 2. The van der Waals surface area contributed by atoms with E-state index >= 15 is 0 Å². The van der Waals surface area contributed by atoms with Gasteiger partial charge in [-0.25, -0.2) is 0 Å². The summed E-state index contributed by atoms with van der Waals surface area (Å²) in [5.74, 6) is 0. The van der Waals surface area contributed by atoms with Gasteiger partial charge >= 0.3 is 0 Å². The van der Waals surface area contributed by atoms with Crippen LogP contribution in [0.15, 0.2) is 12.1 Å². The molecule has 1 aliphatic carbocycles. The maximum absolute atomic E-state index is 6.59. The minimum absolute atomic E-state index is 0.0779. The second kappa shape index (κ2) is 7.61. The molecule has 0 aromatic heterocycles. The highest BCUT2D eigenvalue weighted by Crippen LogP contribution is 2.39. The van der Waals surface area contributed by atoms with Crippen molar-refractivity contribution >= 4 is 0 Å². The van der Waals surface area contributed by atoms with Gasteiger partial charge in [-0.05, 0) is 81.8 Å². The molecule has 3 heteroatoms. The molecule has 0 radical (unpaired) electrons. The summed E-state index contributed by atoms with van der Waals surface area (Å²) in [6.45, 7) is 13.5. The number of benzene rings is 1. The van der Waals surface area contributed by atoms with E-state index in [-0.39, 0.29) is 5.60 Å². The molecule has 26 heavy (non-hydrogen) atoms. The molecule has 0 unspecified atom stereocenters. The molecule has 1 aromatic rings. The van der Waals surface area contributed by atoms with Gasteiger partial charge in [-0.2, -0.15) is 0 Å². The predicted molar refractivity (Wildman–Crippen MR) is 108 cm³/mol. The van der Waals surface area contributed by atoms with Gasteiger partial charge in [0, 0.05) is 25.7 Å². The molecule has 2 atom stereocenters. The first-order valence-electron chi connectivity index (χ1n) is 10.7. The highest BCUT2D eigenvalue weighted by Gasteiger charge is 2.47. The zero-order valence-corrected chi connectivity index (χ0v) is 17.0. The van der Waals surface area contributed by atoms with Gasteiger partial charge in [0.1, 0.15) is 0 Å². The van der Waals surface area contributed by atoms with Gasteiger partial charge < -0.3 is 4.74 Å². The first kappa shape index (κ1) is 18.5. The number of hydrogen-bond donors (Lipinski definition) is 0. The molecule has 3 nitrogen and oxygen atoms in total. The van der Waals surface area contributed by atoms with Crippen LogP contribution >= 0.6 is 0 Å². The van der Waals surface area contributed by atoms with Crippen molar-refractivity contribution in [3.8, 4) is 0 Å². The van der Waals surface area contributed by atoms with E-state index in [2.05, 4.69) is 42.7 Å². The van der Waals surface area contributed by atoms with E-state index in [1.165, 1.54) is 73.9 Å². The summed E-state index contributed by atoms with van der Waals surface area (Å²) in [7, 11) is 0. The zero-order chi connectivity index (χ0) is 18.1. The van der Waals surface area contributed by atoms with Gasteiger partial charge in [-0.15, -0.1) is 0 Å². The molecule has 1 saturated carbocycles. The van der Waals surface area contributed by atoms with Gasteiger partial charge in [0.2, 0.25) is 0 Å². The first-order valence-corrected chi connectivity index (χ1v) is 10.7. The minimum atomic E-state index is 0.0779. The van der Waals surface area contributed by atoms with E-state index in [0.717, 1.165) is 26.2 Å².